The Kier molecular flexibility index (Phi) is 5.99. The van der Waals surface area contributed by atoms with Crippen LogP contribution in [-0.4, -0.2) is 23.8 Å². The topological polar surface area (TPSA) is 58.3 Å². The highest BCUT2D eigenvalue weighted by atomic mass is 16.3. The molecule has 0 spiro atoms. The van der Waals surface area contributed by atoms with Gasteiger partial charge in [0.15, 0.2) is 0 Å². The molecule has 0 unspecified atom stereocenters. The summed E-state index contributed by atoms with van der Waals surface area (Å²) in [7, 11) is 0. The molecular weight excluding hydrogens is 272 g/mol. The molecule has 0 aliphatic rings. The van der Waals surface area contributed by atoms with Crippen LogP contribution in [0.25, 0.3) is 0 Å². The van der Waals surface area contributed by atoms with Gasteiger partial charge in [0.2, 0.25) is 0 Å². The number of aryl methyl sites for hydroxylation is 1. The lowest BCUT2D eigenvalue weighted by Crippen LogP contribution is -2.33. The van der Waals surface area contributed by atoms with E-state index in [0.29, 0.717) is 6.42 Å². The van der Waals surface area contributed by atoms with Crippen LogP contribution >= 0.6 is 0 Å². The SMILES string of the molecule is Cc1ccc(CCNc2ccccc2C[C@@H](O)[C@H](C)N)cc1. The number of hydrogen-bond acceptors (Lipinski definition) is 3. The van der Waals surface area contributed by atoms with E-state index in [0.717, 1.165) is 24.2 Å². The van der Waals surface area contributed by atoms with E-state index in [2.05, 4.69) is 42.6 Å². The average molecular weight is 298 g/mol. The monoisotopic (exact) mass is 298 g/mol. The molecule has 0 aliphatic carbocycles. The van der Waals surface area contributed by atoms with Gasteiger partial charge in [-0.25, -0.2) is 0 Å². The minimum atomic E-state index is -0.514. The molecule has 0 aliphatic heterocycles. The third-order valence-electron chi connectivity index (χ3n) is 3.90. The van der Waals surface area contributed by atoms with Crippen LogP contribution in [0.1, 0.15) is 23.6 Å². The highest BCUT2D eigenvalue weighted by Crippen LogP contribution is 2.18. The molecule has 22 heavy (non-hydrogen) atoms. The van der Waals surface area contributed by atoms with Crippen LogP contribution in [-0.2, 0) is 12.8 Å². The van der Waals surface area contributed by atoms with Crippen LogP contribution in [0, 0.1) is 6.92 Å². The van der Waals surface area contributed by atoms with E-state index in [1.54, 1.807) is 0 Å². The third kappa shape index (κ3) is 4.86. The highest BCUT2D eigenvalue weighted by molar-refractivity contribution is 5.51. The first-order chi connectivity index (χ1) is 10.6. The Balaban J connectivity index is 1.93. The predicted molar refractivity (Wildman–Crippen MR) is 93.2 cm³/mol. The lowest BCUT2D eigenvalue weighted by molar-refractivity contribution is 0.151. The summed E-state index contributed by atoms with van der Waals surface area (Å²) in [5.41, 5.74) is 10.5. The van der Waals surface area contributed by atoms with Gasteiger partial charge in [-0.05, 0) is 37.5 Å². The Morgan fingerprint density at radius 1 is 1.09 bits per heavy atom. The molecule has 2 aromatic rings. The van der Waals surface area contributed by atoms with Gasteiger partial charge in [0.05, 0.1) is 6.10 Å². The molecule has 0 aromatic heterocycles. The van der Waals surface area contributed by atoms with Crippen molar-refractivity contribution in [1.82, 2.24) is 0 Å². The summed E-state index contributed by atoms with van der Waals surface area (Å²) >= 11 is 0. The van der Waals surface area contributed by atoms with E-state index in [-0.39, 0.29) is 6.04 Å². The van der Waals surface area contributed by atoms with Crippen LogP contribution in [0.3, 0.4) is 0 Å². The molecule has 0 fully saturated rings. The maximum atomic E-state index is 9.98. The molecule has 0 radical (unpaired) electrons. The Hall–Kier alpha value is -1.84. The van der Waals surface area contributed by atoms with E-state index >= 15 is 0 Å². The van der Waals surface area contributed by atoms with E-state index in [4.69, 9.17) is 5.73 Å². The van der Waals surface area contributed by atoms with Crippen LogP contribution in [0.4, 0.5) is 5.69 Å². The van der Waals surface area contributed by atoms with Crippen LogP contribution in [0.5, 0.6) is 0 Å². The molecule has 2 atom stereocenters. The maximum Gasteiger partial charge on any atom is 0.0729 e. The van der Waals surface area contributed by atoms with E-state index in [1.165, 1.54) is 11.1 Å². The average Bonchev–Trinajstić information content (AvgIpc) is 2.51. The Morgan fingerprint density at radius 2 is 1.77 bits per heavy atom. The largest absolute Gasteiger partial charge is 0.391 e. The van der Waals surface area contributed by atoms with Crippen molar-refractivity contribution in [1.29, 1.82) is 0 Å². The van der Waals surface area contributed by atoms with E-state index in [1.807, 2.05) is 25.1 Å². The Bertz CT molecular complexity index is 578. The molecule has 4 N–H and O–H groups in total. The zero-order valence-electron chi connectivity index (χ0n) is 13.4. The van der Waals surface area contributed by atoms with Crippen molar-refractivity contribution in [2.75, 3.05) is 11.9 Å². The van der Waals surface area contributed by atoms with E-state index < -0.39 is 6.10 Å². The second kappa shape index (κ2) is 7.97. The molecule has 2 aromatic carbocycles. The smallest absolute Gasteiger partial charge is 0.0729 e. The quantitative estimate of drug-likeness (QED) is 0.736. The first kappa shape index (κ1) is 16.5. The normalized spacial score (nSPS) is 13.6. The van der Waals surface area contributed by atoms with Crippen LogP contribution < -0.4 is 11.1 Å². The number of rotatable bonds is 7. The molecular formula is C19H26N2O. The highest BCUT2D eigenvalue weighted by Gasteiger charge is 2.12. The maximum absolute atomic E-state index is 9.98. The minimum absolute atomic E-state index is 0.222. The molecule has 3 heteroatoms. The van der Waals surface area contributed by atoms with Gasteiger partial charge >= 0.3 is 0 Å². The van der Waals surface area contributed by atoms with Crippen molar-refractivity contribution in [2.24, 2.45) is 5.73 Å². The first-order valence-corrected chi connectivity index (χ1v) is 7.87. The standard InChI is InChI=1S/C19H26N2O/c1-14-7-9-16(10-8-14)11-12-21-18-6-4-3-5-17(18)13-19(22)15(2)20/h3-10,15,19,21-22H,11-13,20H2,1-2H3/t15-,19+/m0/s1. The zero-order chi connectivity index (χ0) is 15.9. The van der Waals surface area contributed by atoms with Gasteiger partial charge < -0.3 is 16.2 Å². The number of hydrogen-bond donors (Lipinski definition) is 3. The number of nitrogens with one attached hydrogen (secondary N) is 1. The summed E-state index contributed by atoms with van der Waals surface area (Å²) in [6.07, 6.45) is 1.04. The minimum Gasteiger partial charge on any atom is -0.391 e. The summed E-state index contributed by atoms with van der Waals surface area (Å²) in [6, 6.07) is 16.5. The van der Waals surface area contributed by atoms with Gasteiger partial charge in [-0.15, -0.1) is 0 Å². The van der Waals surface area contributed by atoms with Crippen LogP contribution in [0.2, 0.25) is 0 Å². The fourth-order valence-corrected chi connectivity index (χ4v) is 2.38. The molecule has 3 nitrogen and oxygen atoms in total. The number of para-hydroxylation sites is 1. The molecule has 0 saturated carbocycles. The van der Waals surface area contributed by atoms with Gasteiger partial charge in [-0.3, -0.25) is 0 Å². The Labute approximate surface area is 133 Å². The van der Waals surface area contributed by atoms with Crippen molar-refractivity contribution < 1.29 is 5.11 Å². The van der Waals surface area contributed by atoms with Gasteiger partial charge in [0, 0.05) is 24.7 Å². The summed E-state index contributed by atoms with van der Waals surface area (Å²) in [5.74, 6) is 0. The van der Waals surface area contributed by atoms with Gasteiger partial charge in [-0.1, -0.05) is 48.0 Å². The second-order valence-corrected chi connectivity index (χ2v) is 5.95. The van der Waals surface area contributed by atoms with E-state index in [9.17, 15) is 5.11 Å². The van der Waals surface area contributed by atoms with Gasteiger partial charge in [0.25, 0.3) is 0 Å². The number of anilines is 1. The van der Waals surface area contributed by atoms with Crippen molar-refractivity contribution in [3.63, 3.8) is 0 Å². The van der Waals surface area contributed by atoms with Crippen molar-refractivity contribution in [3.8, 4) is 0 Å². The molecule has 0 saturated heterocycles. The fourth-order valence-electron chi connectivity index (χ4n) is 2.38. The first-order valence-electron chi connectivity index (χ1n) is 7.87. The lowest BCUT2D eigenvalue weighted by Gasteiger charge is -2.17. The lowest BCUT2D eigenvalue weighted by atomic mass is 10.0. The predicted octanol–water partition coefficient (Wildman–Crippen LogP) is 2.90. The molecule has 2 rings (SSSR count). The summed E-state index contributed by atoms with van der Waals surface area (Å²) in [5, 5.41) is 13.4. The number of aliphatic hydroxyl groups is 1. The number of nitrogens with two attached hydrogens (primary N) is 1. The number of benzene rings is 2. The van der Waals surface area contributed by atoms with Crippen molar-refractivity contribution in [2.45, 2.75) is 38.8 Å². The van der Waals surface area contributed by atoms with Crippen LogP contribution in [0.15, 0.2) is 48.5 Å². The fraction of sp³-hybridized carbons (Fsp3) is 0.368. The molecule has 0 amide bonds. The van der Waals surface area contributed by atoms with Gasteiger partial charge in [0.1, 0.15) is 0 Å². The summed E-state index contributed by atoms with van der Waals surface area (Å²) < 4.78 is 0. The molecule has 0 bridgehead atoms. The Morgan fingerprint density at radius 3 is 2.45 bits per heavy atom. The molecule has 0 heterocycles. The molecule has 118 valence electrons. The third-order valence-corrected chi connectivity index (χ3v) is 3.90. The zero-order valence-corrected chi connectivity index (χ0v) is 13.4. The van der Waals surface area contributed by atoms with Crippen molar-refractivity contribution >= 4 is 5.69 Å². The summed E-state index contributed by atoms with van der Waals surface area (Å²) in [4.78, 5) is 0. The van der Waals surface area contributed by atoms with Gasteiger partial charge in [-0.2, -0.15) is 0 Å². The second-order valence-electron chi connectivity index (χ2n) is 5.95. The summed E-state index contributed by atoms with van der Waals surface area (Å²) in [6.45, 7) is 4.80. The number of aliphatic hydroxyl groups excluding tert-OH is 1. The van der Waals surface area contributed by atoms with Crippen molar-refractivity contribution in [3.05, 3.63) is 65.2 Å².